The van der Waals surface area contributed by atoms with Gasteiger partial charge in [-0.1, -0.05) is 76.2 Å². The Morgan fingerprint density at radius 3 is 1.67 bits per heavy atom. The molecule has 0 fully saturated rings. The first-order valence-electron chi connectivity index (χ1n) is 13.4. The molecule has 6 rings (SSSR count). The highest BCUT2D eigenvalue weighted by Gasteiger charge is 2.05. The third-order valence-corrected chi connectivity index (χ3v) is 7.21. The van der Waals surface area contributed by atoms with Gasteiger partial charge in [0.05, 0.1) is 49.5 Å². The van der Waals surface area contributed by atoms with Gasteiger partial charge < -0.3 is 33.9 Å². The van der Waals surface area contributed by atoms with E-state index < -0.39 is 0 Å². The lowest BCUT2D eigenvalue weighted by Crippen LogP contribution is -2.01. The summed E-state index contributed by atoms with van der Waals surface area (Å²) in [5.41, 5.74) is 4.18. The maximum Gasteiger partial charge on any atom is 0.175 e. The summed E-state index contributed by atoms with van der Waals surface area (Å²) in [5, 5.41) is 1.74. The maximum atomic E-state index is 5.74. The van der Waals surface area contributed by atoms with E-state index in [0.717, 1.165) is 61.3 Å². The number of halogens is 1. The van der Waals surface area contributed by atoms with Crippen molar-refractivity contribution >= 4 is 62.0 Å². The zero-order chi connectivity index (χ0) is 30.3. The number of methoxy groups -OCH3 is 2. The van der Waals surface area contributed by atoms with E-state index in [1.807, 2.05) is 97.1 Å². The van der Waals surface area contributed by atoms with Crippen molar-refractivity contribution in [2.24, 2.45) is 0 Å². The smallest absolute Gasteiger partial charge is 0.175 e. The molecule has 8 nitrogen and oxygen atoms in total. The summed E-state index contributed by atoms with van der Waals surface area (Å²) in [5.74, 6) is 3.91. The molecule has 224 valence electrons. The van der Waals surface area contributed by atoms with Gasteiger partial charge >= 0.3 is 0 Å². The molecule has 6 aromatic rings. The molecule has 2 aromatic heterocycles. The highest BCUT2D eigenvalue weighted by atomic mass is 79.9. The first kappa shape index (κ1) is 32.0. The molecule has 0 bridgehead atoms. The number of para-hydroxylation sites is 8. The topological polar surface area (TPSA) is 97.2 Å². The number of nitrogens with zero attached hydrogens (tertiary/aromatic N) is 1. The fourth-order valence-corrected chi connectivity index (χ4v) is 4.98. The molecule has 3 N–H and O–H groups in total. The second-order valence-electron chi connectivity index (χ2n) is 8.72. The normalized spacial score (nSPS) is 10.3. The maximum absolute atomic E-state index is 5.74. The van der Waals surface area contributed by atoms with E-state index in [2.05, 4.69) is 35.9 Å². The summed E-state index contributed by atoms with van der Waals surface area (Å²) >= 11 is 9.84. The molecule has 11 heteroatoms. The molecular weight excluding hydrogens is 648 g/mol. The van der Waals surface area contributed by atoms with Gasteiger partial charge in [0.15, 0.2) is 32.9 Å². The summed E-state index contributed by atoms with van der Waals surface area (Å²) in [6.07, 6.45) is 0. The van der Waals surface area contributed by atoms with Gasteiger partial charge in [-0.2, -0.15) is 0 Å². The van der Waals surface area contributed by atoms with E-state index in [1.165, 1.54) is 0 Å². The number of nitrogens with one attached hydrogen (secondary N) is 3. The fraction of sp³-hybridized carbons (Fsp3) is 0.188. The van der Waals surface area contributed by atoms with Crippen molar-refractivity contribution in [1.82, 2.24) is 19.9 Å². The van der Waals surface area contributed by atoms with Crippen LogP contribution in [0.4, 0.5) is 0 Å². The zero-order valence-electron chi connectivity index (χ0n) is 23.8. The molecule has 0 saturated carbocycles. The van der Waals surface area contributed by atoms with Gasteiger partial charge in [0.1, 0.15) is 0 Å². The van der Waals surface area contributed by atoms with E-state index in [-0.39, 0.29) is 0 Å². The van der Waals surface area contributed by atoms with Crippen LogP contribution in [-0.4, -0.2) is 58.5 Å². The number of imidazole rings is 2. The number of thioether (sulfide) groups is 1. The van der Waals surface area contributed by atoms with E-state index in [9.17, 15) is 0 Å². The quantitative estimate of drug-likeness (QED) is 0.0578. The zero-order valence-corrected chi connectivity index (χ0v) is 27.1. The van der Waals surface area contributed by atoms with Crippen LogP contribution >= 0.6 is 39.9 Å². The van der Waals surface area contributed by atoms with Crippen LogP contribution in [0.25, 0.3) is 22.1 Å². The Hall–Kier alpha value is -3.93. The molecule has 0 unspecified atom stereocenters. The number of ether oxygens (including phenoxy) is 4. The van der Waals surface area contributed by atoms with Crippen LogP contribution < -0.4 is 18.9 Å². The van der Waals surface area contributed by atoms with Crippen LogP contribution in [0.2, 0.25) is 0 Å². The van der Waals surface area contributed by atoms with E-state index in [1.54, 1.807) is 26.0 Å². The Balaban J connectivity index is 0.000000162. The molecule has 43 heavy (non-hydrogen) atoms. The molecule has 0 amide bonds. The molecule has 0 atom stereocenters. The Bertz CT molecular complexity index is 1690. The van der Waals surface area contributed by atoms with Crippen molar-refractivity contribution in [3.8, 4) is 23.0 Å². The van der Waals surface area contributed by atoms with Crippen molar-refractivity contribution in [1.29, 1.82) is 0 Å². The molecule has 4 aromatic carbocycles. The van der Waals surface area contributed by atoms with Gasteiger partial charge in [-0.3, -0.25) is 0 Å². The van der Waals surface area contributed by atoms with Crippen molar-refractivity contribution in [2.75, 3.05) is 38.5 Å². The van der Waals surface area contributed by atoms with E-state index in [4.69, 9.17) is 31.2 Å². The SMILES string of the molecule is COc1ccccc1OCCBr.COc1ccccc1OCCSc1nc2ccccc2[nH]1.S=c1[nH]c2ccccc2[nH]1. The number of alkyl halides is 1. The van der Waals surface area contributed by atoms with E-state index >= 15 is 0 Å². The van der Waals surface area contributed by atoms with E-state index in [0.29, 0.717) is 18.0 Å². The second-order valence-corrected chi connectivity index (χ2v) is 11.0. The van der Waals surface area contributed by atoms with Crippen LogP contribution in [0, 0.1) is 4.77 Å². The number of H-pyrrole nitrogens is 3. The predicted octanol–water partition coefficient (Wildman–Crippen LogP) is 8.44. The third kappa shape index (κ3) is 9.81. The number of hydrogen-bond donors (Lipinski definition) is 3. The van der Waals surface area contributed by atoms with Crippen molar-refractivity contribution in [3.63, 3.8) is 0 Å². The van der Waals surface area contributed by atoms with Gasteiger partial charge in [-0.25, -0.2) is 4.98 Å². The lowest BCUT2D eigenvalue weighted by atomic mass is 10.3. The van der Waals surface area contributed by atoms with Crippen LogP contribution in [0.3, 0.4) is 0 Å². The number of benzene rings is 4. The summed E-state index contributed by atoms with van der Waals surface area (Å²) < 4.78 is 22.2. The summed E-state index contributed by atoms with van der Waals surface area (Å²) in [7, 11) is 3.28. The van der Waals surface area contributed by atoms with Crippen molar-refractivity contribution in [2.45, 2.75) is 5.16 Å². The molecule has 0 aliphatic rings. The highest BCUT2D eigenvalue weighted by Crippen LogP contribution is 2.27. The molecular formula is C32H33BrN4O4S2. The largest absolute Gasteiger partial charge is 0.493 e. The number of rotatable bonds is 10. The van der Waals surface area contributed by atoms with Crippen LogP contribution in [0.15, 0.2) is 102 Å². The number of aromatic nitrogens is 4. The van der Waals surface area contributed by atoms with Crippen molar-refractivity contribution in [3.05, 3.63) is 102 Å². The first-order chi connectivity index (χ1) is 21.1. The monoisotopic (exact) mass is 680 g/mol. The number of fused-ring (bicyclic) bond motifs is 2. The third-order valence-electron chi connectivity index (χ3n) is 5.84. The van der Waals surface area contributed by atoms with Gasteiger partial charge in [0.2, 0.25) is 0 Å². The molecule has 0 saturated heterocycles. The van der Waals surface area contributed by atoms with Crippen molar-refractivity contribution < 1.29 is 18.9 Å². The second kappa shape index (κ2) is 17.3. The van der Waals surface area contributed by atoms with Crippen LogP contribution in [0.1, 0.15) is 0 Å². The van der Waals surface area contributed by atoms with Gasteiger partial charge in [0, 0.05) is 11.1 Å². The minimum Gasteiger partial charge on any atom is -0.493 e. The molecule has 0 aliphatic carbocycles. The minimum absolute atomic E-state index is 0.599. The average Bonchev–Trinajstić information content (AvgIpc) is 3.65. The Labute approximate surface area is 268 Å². The molecule has 2 heterocycles. The van der Waals surface area contributed by atoms with Crippen LogP contribution in [-0.2, 0) is 0 Å². The average molecular weight is 682 g/mol. The summed E-state index contributed by atoms with van der Waals surface area (Å²) in [6, 6.07) is 31.2. The highest BCUT2D eigenvalue weighted by molar-refractivity contribution is 9.09. The minimum atomic E-state index is 0.599. The lowest BCUT2D eigenvalue weighted by Gasteiger charge is -2.09. The van der Waals surface area contributed by atoms with Gasteiger partial charge in [0.25, 0.3) is 0 Å². The Morgan fingerprint density at radius 1 is 0.651 bits per heavy atom. The molecule has 0 aliphatic heterocycles. The van der Waals surface area contributed by atoms with Gasteiger partial charge in [-0.15, -0.1) is 0 Å². The summed E-state index contributed by atoms with van der Waals surface area (Å²) in [4.78, 5) is 13.8. The standard InChI is InChI=1S/C16H16N2O2S.C9H11BrO2.C7H6N2S/c1-19-14-8-4-5-9-15(14)20-10-11-21-16-17-12-6-2-3-7-13(12)18-16;1-11-8-4-2-3-5-9(8)12-7-6-10;10-7-8-5-3-1-2-4-6(5)9-7/h2-9H,10-11H2,1H3,(H,17,18);2-5H,6-7H2,1H3;1-4H,(H2,8,9,10). The predicted molar refractivity (Wildman–Crippen MR) is 181 cm³/mol. The molecule has 0 spiro atoms. The first-order valence-corrected chi connectivity index (χ1v) is 15.9. The number of aromatic amines is 3. The number of hydrogen-bond acceptors (Lipinski definition) is 7. The van der Waals surface area contributed by atoms with Crippen LogP contribution in [0.5, 0.6) is 23.0 Å². The fourth-order valence-electron chi connectivity index (χ4n) is 3.89. The Kier molecular flexibility index (Phi) is 12.8. The molecule has 0 radical (unpaired) electrons. The summed E-state index contributed by atoms with van der Waals surface area (Å²) in [6.45, 7) is 1.25. The Morgan fingerprint density at radius 2 is 1.14 bits per heavy atom. The van der Waals surface area contributed by atoms with Gasteiger partial charge in [-0.05, 0) is 60.7 Å². The lowest BCUT2D eigenvalue weighted by molar-refractivity contribution is 0.313.